The molecule has 122 valence electrons. The van der Waals surface area contributed by atoms with Crippen LogP contribution in [0.4, 0.5) is 5.69 Å². The summed E-state index contributed by atoms with van der Waals surface area (Å²) in [4.78, 5) is 27.2. The van der Waals surface area contributed by atoms with Gasteiger partial charge in [-0.2, -0.15) is 0 Å². The van der Waals surface area contributed by atoms with Gasteiger partial charge in [0, 0.05) is 28.4 Å². The lowest BCUT2D eigenvalue weighted by Gasteiger charge is -2.06. The first kappa shape index (κ1) is 15.8. The van der Waals surface area contributed by atoms with Gasteiger partial charge in [0.15, 0.2) is 5.78 Å². The second kappa shape index (κ2) is 6.20. The van der Waals surface area contributed by atoms with Crippen LogP contribution in [-0.4, -0.2) is 23.8 Å². The maximum absolute atomic E-state index is 12.7. The Bertz CT molecular complexity index is 924. The van der Waals surface area contributed by atoms with Crippen molar-refractivity contribution in [1.82, 2.24) is 4.98 Å². The molecule has 1 amide bonds. The number of rotatable bonds is 4. The third-order valence-electron chi connectivity index (χ3n) is 3.97. The zero-order chi connectivity index (χ0) is 17.3. The maximum Gasteiger partial charge on any atom is 0.258 e. The van der Waals surface area contributed by atoms with E-state index in [4.69, 9.17) is 4.74 Å². The Hall–Kier alpha value is -3.08. The number of nitrogens with one attached hydrogen (secondary N) is 2. The molecule has 5 nitrogen and oxygen atoms in total. The molecule has 0 radical (unpaired) electrons. The Kier molecular flexibility index (Phi) is 4.08. The zero-order valence-corrected chi connectivity index (χ0v) is 13.8. The molecule has 24 heavy (non-hydrogen) atoms. The predicted molar refractivity (Wildman–Crippen MR) is 94.0 cm³/mol. The lowest BCUT2D eigenvalue weighted by Crippen LogP contribution is -2.12. The molecule has 0 saturated heterocycles. The molecule has 0 unspecified atom stereocenters. The largest absolute Gasteiger partial charge is 0.497 e. The van der Waals surface area contributed by atoms with Gasteiger partial charge in [-0.3, -0.25) is 9.59 Å². The number of Topliss-reactive ketones (excluding diaryl/α,β-unsaturated/α-hetero) is 1. The van der Waals surface area contributed by atoms with Crippen LogP contribution < -0.4 is 10.1 Å². The van der Waals surface area contributed by atoms with Gasteiger partial charge < -0.3 is 15.0 Å². The van der Waals surface area contributed by atoms with Crippen LogP contribution >= 0.6 is 0 Å². The molecule has 5 heteroatoms. The van der Waals surface area contributed by atoms with Gasteiger partial charge >= 0.3 is 0 Å². The molecule has 0 fully saturated rings. The van der Waals surface area contributed by atoms with Crippen LogP contribution in [0.3, 0.4) is 0 Å². The standard InChI is InChI=1S/C19H18N2O3/c1-11-18(16-9-8-15(24-3)10-17(16)20-11)19(23)21-14-6-4-13(5-7-14)12(2)22/h4-10,20H,1-3H3,(H,21,23). The van der Waals surface area contributed by atoms with E-state index in [1.54, 1.807) is 31.4 Å². The Balaban J connectivity index is 1.91. The average Bonchev–Trinajstić information content (AvgIpc) is 2.90. The first-order chi connectivity index (χ1) is 11.5. The van der Waals surface area contributed by atoms with Gasteiger partial charge in [0.05, 0.1) is 18.2 Å². The van der Waals surface area contributed by atoms with Crippen molar-refractivity contribution in [2.45, 2.75) is 13.8 Å². The van der Waals surface area contributed by atoms with Crippen molar-refractivity contribution in [1.29, 1.82) is 0 Å². The number of anilines is 1. The molecule has 3 aromatic rings. The Labute approximate surface area is 139 Å². The SMILES string of the molecule is COc1ccc2c(C(=O)Nc3ccc(C(C)=O)cc3)c(C)[nH]c2c1. The predicted octanol–water partition coefficient (Wildman–Crippen LogP) is 3.94. The monoisotopic (exact) mass is 322 g/mol. The van der Waals surface area contributed by atoms with E-state index in [1.165, 1.54) is 6.92 Å². The van der Waals surface area contributed by atoms with Crippen molar-refractivity contribution in [3.63, 3.8) is 0 Å². The topological polar surface area (TPSA) is 71.2 Å². The van der Waals surface area contributed by atoms with E-state index in [0.717, 1.165) is 22.3 Å². The van der Waals surface area contributed by atoms with Gasteiger partial charge in [-0.1, -0.05) is 0 Å². The number of aromatic amines is 1. The molecule has 0 atom stereocenters. The van der Waals surface area contributed by atoms with E-state index in [2.05, 4.69) is 10.3 Å². The van der Waals surface area contributed by atoms with E-state index in [0.29, 0.717) is 16.8 Å². The quantitative estimate of drug-likeness (QED) is 0.715. The number of hydrogen-bond donors (Lipinski definition) is 2. The summed E-state index contributed by atoms with van der Waals surface area (Å²) < 4.78 is 5.21. The summed E-state index contributed by atoms with van der Waals surface area (Å²) in [6.07, 6.45) is 0. The van der Waals surface area contributed by atoms with Gasteiger partial charge in [0.2, 0.25) is 0 Å². The second-order valence-electron chi connectivity index (χ2n) is 5.62. The summed E-state index contributed by atoms with van der Waals surface area (Å²) in [6, 6.07) is 12.4. The lowest BCUT2D eigenvalue weighted by molar-refractivity contribution is 0.101. The molecule has 0 bridgehead atoms. The molecule has 0 saturated carbocycles. The van der Waals surface area contributed by atoms with E-state index in [1.807, 2.05) is 25.1 Å². The van der Waals surface area contributed by atoms with Crippen LogP contribution in [-0.2, 0) is 0 Å². The molecule has 0 aliphatic rings. The first-order valence-electron chi connectivity index (χ1n) is 7.58. The van der Waals surface area contributed by atoms with Crippen LogP contribution in [0.1, 0.15) is 33.3 Å². The number of fused-ring (bicyclic) bond motifs is 1. The summed E-state index contributed by atoms with van der Waals surface area (Å²) in [5.41, 5.74) is 3.50. The molecule has 0 aliphatic heterocycles. The highest BCUT2D eigenvalue weighted by molar-refractivity contribution is 6.14. The van der Waals surface area contributed by atoms with Crippen molar-refractivity contribution < 1.29 is 14.3 Å². The molecule has 1 aromatic heterocycles. The fourth-order valence-corrected chi connectivity index (χ4v) is 2.71. The van der Waals surface area contributed by atoms with Gasteiger partial charge in [-0.25, -0.2) is 0 Å². The van der Waals surface area contributed by atoms with E-state index in [-0.39, 0.29) is 11.7 Å². The van der Waals surface area contributed by atoms with E-state index in [9.17, 15) is 9.59 Å². The number of benzene rings is 2. The molecule has 1 heterocycles. The summed E-state index contributed by atoms with van der Waals surface area (Å²) in [6.45, 7) is 3.37. The number of aromatic nitrogens is 1. The van der Waals surface area contributed by atoms with Gasteiger partial charge in [-0.05, 0) is 50.2 Å². The number of carbonyl (C=O) groups excluding carboxylic acids is 2. The smallest absolute Gasteiger partial charge is 0.258 e. The van der Waals surface area contributed by atoms with Crippen LogP contribution in [0, 0.1) is 6.92 Å². The van der Waals surface area contributed by atoms with Crippen molar-refractivity contribution in [3.8, 4) is 5.75 Å². The first-order valence-corrected chi connectivity index (χ1v) is 7.58. The highest BCUT2D eigenvalue weighted by Gasteiger charge is 2.16. The minimum atomic E-state index is -0.195. The number of ketones is 1. The summed E-state index contributed by atoms with van der Waals surface area (Å²) in [5.74, 6) is 0.532. The number of aryl methyl sites for hydroxylation is 1. The third kappa shape index (κ3) is 2.88. The minimum absolute atomic E-state index is 0.00528. The summed E-state index contributed by atoms with van der Waals surface area (Å²) in [7, 11) is 1.61. The highest BCUT2D eigenvalue weighted by Crippen LogP contribution is 2.26. The van der Waals surface area contributed by atoms with Crippen LogP contribution in [0.2, 0.25) is 0 Å². The van der Waals surface area contributed by atoms with Gasteiger partial charge in [0.1, 0.15) is 5.75 Å². The van der Waals surface area contributed by atoms with Gasteiger partial charge in [-0.15, -0.1) is 0 Å². The van der Waals surface area contributed by atoms with Crippen molar-refractivity contribution >= 4 is 28.3 Å². The minimum Gasteiger partial charge on any atom is -0.497 e. The van der Waals surface area contributed by atoms with Crippen molar-refractivity contribution in [3.05, 3.63) is 59.3 Å². The van der Waals surface area contributed by atoms with Crippen molar-refractivity contribution in [2.24, 2.45) is 0 Å². The molecule has 0 aliphatic carbocycles. The normalized spacial score (nSPS) is 10.6. The van der Waals surface area contributed by atoms with Crippen LogP contribution in [0.25, 0.3) is 10.9 Å². The second-order valence-corrected chi connectivity index (χ2v) is 5.62. The fourth-order valence-electron chi connectivity index (χ4n) is 2.71. The number of hydrogen-bond acceptors (Lipinski definition) is 3. The summed E-state index contributed by atoms with van der Waals surface area (Å²) >= 11 is 0. The summed E-state index contributed by atoms with van der Waals surface area (Å²) in [5, 5.41) is 3.71. The van der Waals surface area contributed by atoms with E-state index < -0.39 is 0 Å². The number of amides is 1. The van der Waals surface area contributed by atoms with Crippen LogP contribution in [0.15, 0.2) is 42.5 Å². The molecule has 3 rings (SSSR count). The molecule has 2 N–H and O–H groups in total. The van der Waals surface area contributed by atoms with Crippen LogP contribution in [0.5, 0.6) is 5.75 Å². The Morgan fingerprint density at radius 1 is 1.08 bits per heavy atom. The maximum atomic E-state index is 12.7. The number of methoxy groups -OCH3 is 1. The fraction of sp³-hybridized carbons (Fsp3) is 0.158. The third-order valence-corrected chi connectivity index (χ3v) is 3.97. The van der Waals surface area contributed by atoms with E-state index >= 15 is 0 Å². The lowest BCUT2D eigenvalue weighted by atomic mass is 10.1. The number of H-pyrrole nitrogens is 1. The Morgan fingerprint density at radius 2 is 1.79 bits per heavy atom. The Morgan fingerprint density at radius 3 is 2.42 bits per heavy atom. The molecular formula is C19H18N2O3. The number of ether oxygens (including phenoxy) is 1. The van der Waals surface area contributed by atoms with Gasteiger partial charge in [0.25, 0.3) is 5.91 Å². The molecule has 2 aromatic carbocycles. The highest BCUT2D eigenvalue weighted by atomic mass is 16.5. The average molecular weight is 322 g/mol. The molecular weight excluding hydrogens is 304 g/mol. The number of carbonyl (C=O) groups is 2. The zero-order valence-electron chi connectivity index (χ0n) is 13.8. The molecule has 0 spiro atoms. The van der Waals surface area contributed by atoms with Crippen molar-refractivity contribution in [2.75, 3.05) is 12.4 Å².